The van der Waals surface area contributed by atoms with Crippen molar-refractivity contribution in [2.75, 3.05) is 0 Å². The second kappa shape index (κ2) is 5.10. The number of aromatic nitrogens is 2. The summed E-state index contributed by atoms with van der Waals surface area (Å²) < 4.78 is 21.2. The van der Waals surface area contributed by atoms with Crippen LogP contribution >= 0.6 is 0 Å². The first-order chi connectivity index (χ1) is 10.5. The molecule has 0 aliphatic rings. The monoisotopic (exact) mass is 301 g/mol. The predicted molar refractivity (Wildman–Crippen MR) is 78.6 cm³/mol. The minimum absolute atomic E-state index is 0.235. The molecule has 1 aromatic heterocycles. The van der Waals surface area contributed by atoms with Crippen LogP contribution in [0.2, 0.25) is 0 Å². The number of halogens is 1. The van der Waals surface area contributed by atoms with E-state index < -0.39 is 16.4 Å². The quantitative estimate of drug-likeness (QED) is 0.546. The highest BCUT2D eigenvalue weighted by molar-refractivity contribution is 5.77. The van der Waals surface area contributed by atoms with E-state index in [0.29, 0.717) is 11.3 Å². The lowest BCUT2D eigenvalue weighted by atomic mass is 10.2. The summed E-state index contributed by atoms with van der Waals surface area (Å²) in [5.41, 5.74) is 1.61. The van der Waals surface area contributed by atoms with Gasteiger partial charge in [0.15, 0.2) is 0 Å². The van der Waals surface area contributed by atoms with Gasteiger partial charge in [0.1, 0.15) is 11.5 Å². The van der Waals surface area contributed by atoms with E-state index in [-0.39, 0.29) is 5.75 Å². The number of nitrogens with zero attached hydrogens (tertiary/aromatic N) is 3. The Morgan fingerprint density at radius 2 is 2.09 bits per heavy atom. The van der Waals surface area contributed by atoms with Crippen LogP contribution in [0.1, 0.15) is 5.56 Å². The summed E-state index contributed by atoms with van der Waals surface area (Å²) in [6.45, 7) is 1.63. The van der Waals surface area contributed by atoms with E-state index in [2.05, 4.69) is 4.98 Å². The molecule has 2 aromatic carbocycles. The number of fused-ring (bicyclic) bond motifs is 1. The van der Waals surface area contributed by atoms with Crippen molar-refractivity contribution in [1.82, 2.24) is 9.55 Å². The molecule has 6 nitrogen and oxygen atoms in total. The highest BCUT2D eigenvalue weighted by Crippen LogP contribution is 2.31. The molecule has 0 fully saturated rings. The number of benzene rings is 2. The van der Waals surface area contributed by atoms with Crippen LogP contribution in [0.3, 0.4) is 0 Å². The average molecular weight is 301 g/mol. The summed E-state index contributed by atoms with van der Waals surface area (Å²) in [7, 11) is 1.88. The largest absolute Gasteiger partial charge is 0.457 e. The molecular formula is C15H12FN3O3. The lowest BCUT2D eigenvalue weighted by molar-refractivity contribution is -0.387. The van der Waals surface area contributed by atoms with Crippen molar-refractivity contribution in [3.8, 4) is 11.5 Å². The Labute approximate surface area is 124 Å². The zero-order chi connectivity index (χ0) is 15.9. The Bertz CT molecular complexity index is 889. The van der Waals surface area contributed by atoms with Gasteiger partial charge >= 0.3 is 5.69 Å². The molecule has 0 bridgehead atoms. The molecule has 0 N–H and O–H groups in total. The maximum atomic E-state index is 13.7. The molecule has 3 aromatic rings. The number of hydrogen-bond donors (Lipinski definition) is 0. The van der Waals surface area contributed by atoms with Crippen molar-refractivity contribution >= 4 is 16.7 Å². The summed E-state index contributed by atoms with van der Waals surface area (Å²) in [5.74, 6) is -0.203. The van der Waals surface area contributed by atoms with Gasteiger partial charge in [-0.25, -0.2) is 4.98 Å². The van der Waals surface area contributed by atoms with Crippen molar-refractivity contribution in [2.45, 2.75) is 6.92 Å². The van der Waals surface area contributed by atoms with Crippen molar-refractivity contribution < 1.29 is 14.1 Å². The molecular weight excluding hydrogens is 289 g/mol. The molecule has 0 aliphatic carbocycles. The van der Waals surface area contributed by atoms with Crippen LogP contribution in [0.15, 0.2) is 36.7 Å². The molecule has 0 unspecified atom stereocenters. The van der Waals surface area contributed by atoms with Crippen LogP contribution in [-0.2, 0) is 7.05 Å². The third-order valence-corrected chi connectivity index (χ3v) is 3.37. The van der Waals surface area contributed by atoms with E-state index in [1.54, 1.807) is 25.4 Å². The van der Waals surface area contributed by atoms with Gasteiger partial charge in [-0.3, -0.25) is 10.1 Å². The predicted octanol–water partition coefficient (Wildman–Crippen LogP) is 3.72. The van der Waals surface area contributed by atoms with E-state index in [0.717, 1.165) is 23.2 Å². The van der Waals surface area contributed by atoms with Gasteiger partial charge in [-0.05, 0) is 24.6 Å². The summed E-state index contributed by atoms with van der Waals surface area (Å²) in [6, 6.07) is 7.49. The summed E-state index contributed by atoms with van der Waals surface area (Å²) >= 11 is 0. The lowest BCUT2D eigenvalue weighted by Gasteiger charge is -2.09. The zero-order valence-corrected chi connectivity index (χ0v) is 11.9. The second-order valence-corrected chi connectivity index (χ2v) is 4.93. The number of imidazole rings is 1. The Hall–Kier alpha value is -2.96. The van der Waals surface area contributed by atoms with Crippen molar-refractivity contribution in [1.29, 1.82) is 0 Å². The second-order valence-electron chi connectivity index (χ2n) is 4.93. The van der Waals surface area contributed by atoms with E-state index >= 15 is 0 Å². The number of nitro groups is 1. The third-order valence-electron chi connectivity index (χ3n) is 3.37. The molecule has 22 heavy (non-hydrogen) atoms. The molecule has 0 atom stereocenters. The van der Waals surface area contributed by atoms with Gasteiger partial charge in [-0.2, -0.15) is 4.39 Å². The molecule has 0 spiro atoms. The first kappa shape index (κ1) is 14.0. The Morgan fingerprint density at radius 3 is 2.82 bits per heavy atom. The highest BCUT2D eigenvalue weighted by atomic mass is 19.1. The number of rotatable bonds is 3. The summed E-state index contributed by atoms with van der Waals surface area (Å²) in [6.07, 6.45) is 1.69. The fourth-order valence-electron chi connectivity index (χ4n) is 2.20. The molecule has 0 saturated heterocycles. The lowest BCUT2D eigenvalue weighted by Crippen LogP contribution is -1.96. The molecule has 0 aliphatic heterocycles. The fourth-order valence-corrected chi connectivity index (χ4v) is 2.20. The maximum Gasteiger partial charge on any atom is 0.305 e. The Morgan fingerprint density at radius 1 is 1.32 bits per heavy atom. The van der Waals surface area contributed by atoms with Gasteiger partial charge in [-0.1, -0.05) is 0 Å². The number of aryl methyl sites for hydroxylation is 2. The summed E-state index contributed by atoms with van der Waals surface area (Å²) in [5, 5.41) is 10.7. The van der Waals surface area contributed by atoms with E-state index in [9.17, 15) is 14.5 Å². The van der Waals surface area contributed by atoms with Gasteiger partial charge in [0.25, 0.3) is 0 Å². The number of hydrogen-bond acceptors (Lipinski definition) is 4. The first-order valence-electron chi connectivity index (χ1n) is 6.49. The van der Waals surface area contributed by atoms with Crippen LogP contribution in [0, 0.1) is 22.9 Å². The van der Waals surface area contributed by atoms with Crippen LogP contribution in [-0.4, -0.2) is 14.5 Å². The number of nitro benzene ring substituents is 1. The third kappa shape index (κ3) is 2.37. The molecule has 0 radical (unpaired) electrons. The van der Waals surface area contributed by atoms with Gasteiger partial charge in [0, 0.05) is 25.2 Å². The standard InChI is InChI=1S/C15H12FN3O3/c1-9-5-14(19(20)21)11(16)7-15(9)22-10-3-4-13-12(6-10)17-8-18(13)2/h3-8H,1-2H3. The summed E-state index contributed by atoms with van der Waals surface area (Å²) in [4.78, 5) is 14.2. The SMILES string of the molecule is Cc1cc([N+](=O)[O-])c(F)cc1Oc1ccc2c(c1)ncn2C. The first-order valence-corrected chi connectivity index (χ1v) is 6.49. The fraction of sp³-hybridized carbons (Fsp3) is 0.133. The van der Waals surface area contributed by atoms with Gasteiger partial charge in [-0.15, -0.1) is 0 Å². The van der Waals surface area contributed by atoms with Crippen LogP contribution < -0.4 is 4.74 Å². The average Bonchev–Trinajstić information content (AvgIpc) is 2.83. The molecule has 3 rings (SSSR count). The number of ether oxygens (including phenoxy) is 1. The molecule has 112 valence electrons. The Kier molecular flexibility index (Phi) is 3.25. The van der Waals surface area contributed by atoms with E-state index in [1.165, 1.54) is 0 Å². The van der Waals surface area contributed by atoms with E-state index in [4.69, 9.17) is 4.74 Å². The normalized spacial score (nSPS) is 10.9. The van der Waals surface area contributed by atoms with E-state index in [1.807, 2.05) is 17.7 Å². The van der Waals surface area contributed by atoms with Crippen LogP contribution in [0.4, 0.5) is 10.1 Å². The minimum Gasteiger partial charge on any atom is -0.457 e. The van der Waals surface area contributed by atoms with Crippen molar-refractivity contribution in [2.24, 2.45) is 7.05 Å². The molecule has 0 saturated carbocycles. The van der Waals surface area contributed by atoms with Crippen molar-refractivity contribution in [3.05, 3.63) is 58.2 Å². The minimum atomic E-state index is -0.926. The van der Waals surface area contributed by atoms with Gasteiger partial charge in [0.2, 0.25) is 5.82 Å². The van der Waals surface area contributed by atoms with Gasteiger partial charge < -0.3 is 9.30 Å². The van der Waals surface area contributed by atoms with Crippen LogP contribution in [0.25, 0.3) is 11.0 Å². The van der Waals surface area contributed by atoms with Crippen LogP contribution in [0.5, 0.6) is 11.5 Å². The molecule has 7 heteroatoms. The Balaban J connectivity index is 1.97. The molecule has 0 amide bonds. The molecule has 1 heterocycles. The maximum absolute atomic E-state index is 13.7. The van der Waals surface area contributed by atoms with Gasteiger partial charge in [0.05, 0.1) is 22.3 Å². The zero-order valence-electron chi connectivity index (χ0n) is 11.9. The topological polar surface area (TPSA) is 70.2 Å². The van der Waals surface area contributed by atoms with Crippen molar-refractivity contribution in [3.63, 3.8) is 0 Å². The smallest absolute Gasteiger partial charge is 0.305 e. The highest BCUT2D eigenvalue weighted by Gasteiger charge is 2.17.